The Hall–Kier alpha value is -1.34. The lowest BCUT2D eigenvalue weighted by atomic mass is 10.2. The van der Waals surface area contributed by atoms with E-state index in [9.17, 15) is 4.79 Å². The van der Waals surface area contributed by atoms with Crippen LogP contribution >= 0.6 is 27.7 Å². The second kappa shape index (κ2) is 5.34. The minimum Gasteiger partial charge on any atom is -0.465 e. The number of carbonyl (C=O) groups is 1. The summed E-state index contributed by atoms with van der Waals surface area (Å²) in [6.07, 6.45) is 0.711. The number of hydrogen-bond donors (Lipinski definition) is 1. The first-order chi connectivity index (χ1) is 9.24. The molecule has 0 saturated carbocycles. The van der Waals surface area contributed by atoms with Gasteiger partial charge in [0.05, 0.1) is 6.61 Å². The Morgan fingerprint density at radius 1 is 1.42 bits per heavy atom. The molecule has 1 aromatic heterocycles. The first-order valence-electron chi connectivity index (χ1n) is 5.74. The monoisotopic (exact) mass is 339 g/mol. The molecule has 98 valence electrons. The molecule has 7 heteroatoms. The van der Waals surface area contributed by atoms with E-state index in [1.54, 1.807) is 0 Å². The minimum absolute atomic E-state index is 0.183. The normalized spacial score (nSPS) is 18.6. The van der Waals surface area contributed by atoms with Gasteiger partial charge in [-0.2, -0.15) is 0 Å². The molecule has 0 bridgehead atoms. The van der Waals surface area contributed by atoms with Gasteiger partial charge >= 0.3 is 5.97 Å². The van der Waals surface area contributed by atoms with Gasteiger partial charge in [-0.05, 0) is 6.07 Å². The van der Waals surface area contributed by atoms with Gasteiger partial charge in [-0.15, -0.1) is 5.10 Å². The number of esters is 1. The van der Waals surface area contributed by atoms with E-state index in [4.69, 9.17) is 4.74 Å². The molecular formula is C12H10BrN3O2S. The fourth-order valence-electron chi connectivity index (χ4n) is 1.78. The number of thioether (sulfide) groups is 1. The highest BCUT2D eigenvalue weighted by Gasteiger charge is 2.29. The Balaban J connectivity index is 1.80. The smallest absolute Gasteiger partial charge is 0.319 e. The fraction of sp³-hybridized carbons (Fsp3) is 0.250. The molecular weight excluding hydrogens is 330 g/mol. The minimum atomic E-state index is -0.192. The third kappa shape index (κ3) is 2.66. The predicted molar refractivity (Wildman–Crippen MR) is 74.7 cm³/mol. The Morgan fingerprint density at radius 2 is 2.26 bits per heavy atom. The molecule has 1 aliphatic rings. The second-order valence-electron chi connectivity index (χ2n) is 4.01. The van der Waals surface area contributed by atoms with Crippen molar-refractivity contribution in [3.63, 3.8) is 0 Å². The second-order valence-corrected chi connectivity index (χ2v) is 6.03. The SMILES string of the molecule is O=C1OCC[C@H]1Sc1n[nH]c(-c2ccccc2Br)n1. The number of nitrogens with zero attached hydrogens (tertiary/aromatic N) is 2. The van der Waals surface area contributed by atoms with Crippen LogP contribution in [0.15, 0.2) is 33.9 Å². The van der Waals surface area contributed by atoms with E-state index in [1.807, 2.05) is 24.3 Å². The molecule has 3 rings (SSSR count). The lowest BCUT2D eigenvalue weighted by molar-refractivity contribution is -0.137. The topological polar surface area (TPSA) is 67.9 Å². The molecule has 0 unspecified atom stereocenters. The van der Waals surface area contributed by atoms with Crippen LogP contribution in [0, 0.1) is 0 Å². The van der Waals surface area contributed by atoms with Gasteiger partial charge < -0.3 is 4.74 Å². The van der Waals surface area contributed by atoms with Gasteiger partial charge in [0, 0.05) is 16.5 Å². The van der Waals surface area contributed by atoms with Crippen molar-refractivity contribution >= 4 is 33.7 Å². The summed E-state index contributed by atoms with van der Waals surface area (Å²) in [6.45, 7) is 0.484. The first kappa shape index (κ1) is 12.7. The summed E-state index contributed by atoms with van der Waals surface area (Å²) >= 11 is 4.81. The van der Waals surface area contributed by atoms with Crippen LogP contribution in [0.2, 0.25) is 0 Å². The number of ether oxygens (including phenoxy) is 1. The lowest BCUT2D eigenvalue weighted by Crippen LogP contribution is -2.09. The molecule has 0 spiro atoms. The van der Waals surface area contributed by atoms with Crippen molar-refractivity contribution < 1.29 is 9.53 Å². The van der Waals surface area contributed by atoms with Crippen molar-refractivity contribution in [1.29, 1.82) is 0 Å². The fourth-order valence-corrected chi connectivity index (χ4v) is 3.13. The Kier molecular flexibility index (Phi) is 3.56. The van der Waals surface area contributed by atoms with Crippen LogP contribution in [0.5, 0.6) is 0 Å². The number of halogens is 1. The van der Waals surface area contributed by atoms with Crippen LogP contribution in [0.25, 0.3) is 11.4 Å². The summed E-state index contributed by atoms with van der Waals surface area (Å²) in [7, 11) is 0. The summed E-state index contributed by atoms with van der Waals surface area (Å²) in [5.41, 5.74) is 0.941. The van der Waals surface area contributed by atoms with Crippen LogP contribution in [-0.2, 0) is 9.53 Å². The van der Waals surface area contributed by atoms with Gasteiger partial charge in [0.25, 0.3) is 0 Å². The number of carbonyl (C=O) groups excluding carboxylic acids is 1. The molecule has 0 amide bonds. The van der Waals surface area contributed by atoms with Crippen molar-refractivity contribution in [2.24, 2.45) is 0 Å². The van der Waals surface area contributed by atoms with E-state index in [2.05, 4.69) is 31.1 Å². The molecule has 19 heavy (non-hydrogen) atoms. The van der Waals surface area contributed by atoms with Crippen LogP contribution in [0.1, 0.15) is 6.42 Å². The molecule has 1 atom stereocenters. The molecule has 1 saturated heterocycles. The standard InChI is InChI=1S/C12H10BrN3O2S/c13-8-4-2-1-3-7(8)10-14-12(16-15-10)19-9-5-6-18-11(9)17/h1-4,9H,5-6H2,(H,14,15,16)/t9-/m1/s1. The largest absolute Gasteiger partial charge is 0.465 e. The van der Waals surface area contributed by atoms with E-state index in [1.165, 1.54) is 11.8 Å². The van der Waals surface area contributed by atoms with Gasteiger partial charge in [-0.25, -0.2) is 4.98 Å². The van der Waals surface area contributed by atoms with Crippen molar-refractivity contribution in [1.82, 2.24) is 15.2 Å². The zero-order valence-corrected chi connectivity index (χ0v) is 12.2. The Morgan fingerprint density at radius 3 is 3.00 bits per heavy atom. The third-order valence-electron chi connectivity index (χ3n) is 2.73. The molecule has 2 heterocycles. The summed E-state index contributed by atoms with van der Waals surface area (Å²) < 4.78 is 5.86. The number of cyclic esters (lactones) is 1. The number of aromatic nitrogens is 3. The maximum Gasteiger partial charge on any atom is 0.319 e. The first-order valence-corrected chi connectivity index (χ1v) is 7.42. The maximum absolute atomic E-state index is 11.4. The van der Waals surface area contributed by atoms with E-state index in [0.717, 1.165) is 10.0 Å². The molecule has 1 aliphatic heterocycles. The average molecular weight is 340 g/mol. The number of aromatic amines is 1. The van der Waals surface area contributed by atoms with Crippen molar-refractivity contribution in [3.8, 4) is 11.4 Å². The van der Waals surface area contributed by atoms with Gasteiger partial charge in [-0.1, -0.05) is 45.9 Å². The van der Waals surface area contributed by atoms with Crippen LogP contribution in [0.3, 0.4) is 0 Å². The van der Waals surface area contributed by atoms with Crippen LogP contribution < -0.4 is 0 Å². The van der Waals surface area contributed by atoms with Gasteiger partial charge in [0.15, 0.2) is 5.82 Å². The molecule has 5 nitrogen and oxygen atoms in total. The molecule has 1 fully saturated rings. The highest BCUT2D eigenvalue weighted by atomic mass is 79.9. The zero-order valence-electron chi connectivity index (χ0n) is 9.80. The van der Waals surface area contributed by atoms with Crippen LogP contribution in [-0.4, -0.2) is 33.0 Å². The van der Waals surface area contributed by atoms with E-state index >= 15 is 0 Å². The van der Waals surface area contributed by atoms with Crippen molar-refractivity contribution in [2.75, 3.05) is 6.61 Å². The molecule has 0 aliphatic carbocycles. The van der Waals surface area contributed by atoms with Gasteiger partial charge in [0.2, 0.25) is 5.16 Å². The van der Waals surface area contributed by atoms with Gasteiger partial charge in [-0.3, -0.25) is 9.89 Å². The molecule has 1 N–H and O–H groups in total. The number of nitrogens with one attached hydrogen (secondary N) is 1. The van der Waals surface area contributed by atoms with Crippen molar-refractivity contribution in [3.05, 3.63) is 28.7 Å². The number of rotatable bonds is 3. The van der Waals surface area contributed by atoms with E-state index < -0.39 is 0 Å². The third-order valence-corrected chi connectivity index (χ3v) is 4.53. The Bertz CT molecular complexity index is 617. The maximum atomic E-state index is 11.4. The number of H-pyrrole nitrogens is 1. The quantitative estimate of drug-likeness (QED) is 0.870. The number of hydrogen-bond acceptors (Lipinski definition) is 5. The lowest BCUT2D eigenvalue weighted by Gasteiger charge is -2.00. The van der Waals surface area contributed by atoms with Crippen LogP contribution in [0.4, 0.5) is 0 Å². The van der Waals surface area contributed by atoms with Gasteiger partial charge in [0.1, 0.15) is 5.25 Å². The summed E-state index contributed by atoms with van der Waals surface area (Å²) in [5.74, 6) is 0.499. The Labute approximate surface area is 122 Å². The summed E-state index contributed by atoms with van der Waals surface area (Å²) in [6, 6.07) is 7.76. The molecule has 0 radical (unpaired) electrons. The zero-order chi connectivity index (χ0) is 13.2. The average Bonchev–Trinajstić information content (AvgIpc) is 3.01. The highest BCUT2D eigenvalue weighted by molar-refractivity contribution is 9.10. The summed E-state index contributed by atoms with van der Waals surface area (Å²) in [4.78, 5) is 15.8. The molecule has 2 aromatic rings. The number of benzene rings is 1. The van der Waals surface area contributed by atoms with E-state index in [0.29, 0.717) is 24.0 Å². The highest BCUT2D eigenvalue weighted by Crippen LogP contribution is 2.30. The molecule has 1 aromatic carbocycles. The predicted octanol–water partition coefficient (Wildman–Crippen LogP) is 2.64. The van der Waals surface area contributed by atoms with E-state index in [-0.39, 0.29) is 11.2 Å². The summed E-state index contributed by atoms with van der Waals surface area (Å²) in [5, 5.41) is 7.39. The van der Waals surface area contributed by atoms with Crippen molar-refractivity contribution in [2.45, 2.75) is 16.8 Å².